The number of carboxylic acid groups (broad SMARTS) is 1. The lowest BCUT2D eigenvalue weighted by molar-refractivity contribution is -0.142. The van der Waals surface area contributed by atoms with Crippen molar-refractivity contribution in [2.45, 2.75) is 12.5 Å². The van der Waals surface area contributed by atoms with Gasteiger partial charge in [0.2, 0.25) is 5.91 Å². The van der Waals surface area contributed by atoms with E-state index in [1.54, 1.807) is 12.1 Å². The minimum atomic E-state index is -1.10. The molecular weight excluding hydrogens is 336 g/mol. The van der Waals surface area contributed by atoms with Crippen LogP contribution in [-0.2, 0) is 9.59 Å². The van der Waals surface area contributed by atoms with E-state index in [1.165, 1.54) is 16.2 Å². The molecule has 2 N–H and O–H groups in total. The zero-order valence-electron chi connectivity index (χ0n) is 9.76. The lowest BCUT2D eigenvalue weighted by Crippen LogP contribution is -2.57. The van der Waals surface area contributed by atoms with Gasteiger partial charge >= 0.3 is 5.97 Å². The maximum atomic E-state index is 12.3. The van der Waals surface area contributed by atoms with Crippen LogP contribution in [0.5, 0.6) is 0 Å². The second kappa shape index (κ2) is 5.70. The van der Waals surface area contributed by atoms with E-state index in [9.17, 15) is 14.4 Å². The Morgan fingerprint density at radius 3 is 2.84 bits per heavy atom. The zero-order valence-corrected chi connectivity index (χ0v) is 12.2. The highest BCUT2D eigenvalue weighted by Gasteiger charge is 2.35. The Bertz CT molecular complexity index is 531. The van der Waals surface area contributed by atoms with Crippen LogP contribution in [0.3, 0.4) is 0 Å². The molecule has 0 radical (unpaired) electrons. The van der Waals surface area contributed by atoms with Gasteiger partial charge in [0, 0.05) is 13.1 Å². The van der Waals surface area contributed by atoms with Gasteiger partial charge in [0.1, 0.15) is 6.04 Å². The molecule has 1 aromatic rings. The number of nitrogens with one attached hydrogen (secondary N) is 1. The Hall–Kier alpha value is -1.41. The van der Waals surface area contributed by atoms with Crippen molar-refractivity contribution in [3.8, 4) is 0 Å². The van der Waals surface area contributed by atoms with Crippen LogP contribution >= 0.6 is 27.3 Å². The monoisotopic (exact) mass is 346 g/mol. The molecule has 1 aliphatic heterocycles. The first kappa shape index (κ1) is 14.0. The van der Waals surface area contributed by atoms with E-state index in [2.05, 4.69) is 21.2 Å². The Balaban J connectivity index is 2.22. The predicted octanol–water partition coefficient (Wildman–Crippen LogP) is 0.926. The summed E-state index contributed by atoms with van der Waals surface area (Å²) in [6, 6.07) is 2.45. The van der Waals surface area contributed by atoms with Crippen molar-refractivity contribution in [2.75, 3.05) is 13.1 Å². The summed E-state index contributed by atoms with van der Waals surface area (Å²) in [5.41, 5.74) is 0. The maximum absolute atomic E-state index is 12.3. The summed E-state index contributed by atoms with van der Waals surface area (Å²) in [4.78, 5) is 36.6. The van der Waals surface area contributed by atoms with Crippen molar-refractivity contribution >= 4 is 45.1 Å². The Labute approximate surface area is 121 Å². The summed E-state index contributed by atoms with van der Waals surface area (Å²) in [6.07, 6.45) is -0.385. The molecule has 1 aliphatic rings. The van der Waals surface area contributed by atoms with Crippen LogP contribution in [0.2, 0.25) is 0 Å². The number of aliphatic carboxylic acids is 1. The average Bonchev–Trinajstić information content (AvgIpc) is 2.77. The molecule has 2 heterocycles. The van der Waals surface area contributed by atoms with Crippen molar-refractivity contribution in [2.24, 2.45) is 0 Å². The molecule has 2 amide bonds. The van der Waals surface area contributed by atoms with E-state index in [0.29, 0.717) is 18.0 Å². The number of rotatable bonds is 3. The van der Waals surface area contributed by atoms with Crippen LogP contribution in [0.15, 0.2) is 15.9 Å². The minimum Gasteiger partial charge on any atom is -0.481 e. The van der Waals surface area contributed by atoms with Gasteiger partial charge in [-0.15, -0.1) is 11.3 Å². The fraction of sp³-hybridized carbons (Fsp3) is 0.364. The molecule has 1 unspecified atom stereocenters. The van der Waals surface area contributed by atoms with E-state index in [1.807, 2.05) is 0 Å². The number of carbonyl (C=O) groups excluding carboxylic acids is 2. The van der Waals surface area contributed by atoms with Crippen molar-refractivity contribution in [3.05, 3.63) is 20.8 Å². The van der Waals surface area contributed by atoms with Crippen molar-refractivity contribution < 1.29 is 19.5 Å². The first-order valence-corrected chi connectivity index (χ1v) is 7.16. The van der Waals surface area contributed by atoms with E-state index in [-0.39, 0.29) is 12.3 Å². The summed E-state index contributed by atoms with van der Waals surface area (Å²) < 4.78 is 0.812. The molecule has 6 nitrogen and oxygen atoms in total. The fourth-order valence-electron chi connectivity index (χ4n) is 1.90. The highest BCUT2D eigenvalue weighted by Crippen LogP contribution is 2.24. The predicted molar refractivity (Wildman–Crippen MR) is 72.1 cm³/mol. The number of hydrogen-bond acceptors (Lipinski definition) is 4. The fourth-order valence-corrected chi connectivity index (χ4v) is 3.24. The Kier molecular flexibility index (Phi) is 4.20. The molecule has 1 aromatic heterocycles. The highest BCUT2D eigenvalue weighted by atomic mass is 79.9. The average molecular weight is 347 g/mol. The topological polar surface area (TPSA) is 86.7 Å². The third-order valence-corrected chi connectivity index (χ3v) is 4.36. The van der Waals surface area contributed by atoms with E-state index >= 15 is 0 Å². The number of carbonyl (C=O) groups is 3. The number of hydrogen-bond donors (Lipinski definition) is 2. The molecule has 1 saturated heterocycles. The third-order valence-electron chi connectivity index (χ3n) is 2.74. The molecule has 1 fully saturated rings. The minimum absolute atomic E-state index is 0.309. The summed E-state index contributed by atoms with van der Waals surface area (Å²) >= 11 is 4.52. The first-order chi connectivity index (χ1) is 8.99. The van der Waals surface area contributed by atoms with Crippen molar-refractivity contribution in [1.82, 2.24) is 10.2 Å². The van der Waals surface area contributed by atoms with Gasteiger partial charge in [0.05, 0.1) is 15.1 Å². The number of nitrogens with zero attached hydrogens (tertiary/aromatic N) is 1. The molecule has 19 heavy (non-hydrogen) atoms. The van der Waals surface area contributed by atoms with Crippen LogP contribution in [-0.4, -0.2) is 46.9 Å². The number of piperazine rings is 1. The quantitative estimate of drug-likeness (QED) is 0.852. The van der Waals surface area contributed by atoms with Gasteiger partial charge < -0.3 is 15.3 Å². The van der Waals surface area contributed by atoms with Crippen LogP contribution < -0.4 is 5.32 Å². The van der Waals surface area contributed by atoms with Crippen LogP contribution in [0.1, 0.15) is 16.1 Å². The molecule has 1 atom stereocenters. The molecule has 0 aromatic carbocycles. The second-order valence-electron chi connectivity index (χ2n) is 4.01. The lowest BCUT2D eigenvalue weighted by Gasteiger charge is -2.33. The summed E-state index contributed by atoms with van der Waals surface area (Å²) in [6.45, 7) is 0.658. The first-order valence-electron chi connectivity index (χ1n) is 5.55. The van der Waals surface area contributed by atoms with Crippen LogP contribution in [0.4, 0.5) is 0 Å². The standard InChI is InChI=1S/C11H11BrN2O4S/c12-8-2-1-7(19-8)11(18)14-4-3-13-10(17)6(14)5-9(15)16/h1-2,6H,3-5H2,(H,13,17)(H,15,16). The van der Waals surface area contributed by atoms with Gasteiger partial charge in [-0.2, -0.15) is 0 Å². The zero-order chi connectivity index (χ0) is 14.0. The Morgan fingerprint density at radius 1 is 1.53 bits per heavy atom. The summed E-state index contributed by atoms with van der Waals surface area (Å²) in [5.74, 6) is -1.83. The molecule has 0 aliphatic carbocycles. The lowest BCUT2D eigenvalue weighted by atomic mass is 10.1. The number of halogens is 1. The van der Waals surface area contributed by atoms with E-state index in [0.717, 1.165) is 3.79 Å². The SMILES string of the molecule is O=C(O)CC1C(=O)NCCN1C(=O)c1ccc(Br)s1. The number of carboxylic acids is 1. The van der Waals surface area contributed by atoms with E-state index in [4.69, 9.17) is 5.11 Å². The van der Waals surface area contributed by atoms with Crippen molar-refractivity contribution in [1.29, 1.82) is 0 Å². The van der Waals surface area contributed by atoms with Gasteiger partial charge in [0.25, 0.3) is 5.91 Å². The normalized spacial score (nSPS) is 19.1. The molecule has 102 valence electrons. The van der Waals surface area contributed by atoms with Crippen molar-refractivity contribution in [3.63, 3.8) is 0 Å². The largest absolute Gasteiger partial charge is 0.481 e. The third kappa shape index (κ3) is 3.13. The smallest absolute Gasteiger partial charge is 0.305 e. The van der Waals surface area contributed by atoms with Gasteiger partial charge in [-0.1, -0.05) is 0 Å². The molecule has 0 saturated carbocycles. The molecular formula is C11H11BrN2O4S. The summed E-state index contributed by atoms with van der Waals surface area (Å²) in [7, 11) is 0. The maximum Gasteiger partial charge on any atom is 0.305 e. The highest BCUT2D eigenvalue weighted by molar-refractivity contribution is 9.11. The second-order valence-corrected chi connectivity index (χ2v) is 6.47. The summed E-state index contributed by atoms with van der Waals surface area (Å²) in [5, 5.41) is 11.4. The Morgan fingerprint density at radius 2 is 2.26 bits per heavy atom. The molecule has 8 heteroatoms. The van der Waals surface area contributed by atoms with Gasteiger partial charge in [-0.25, -0.2) is 0 Å². The van der Waals surface area contributed by atoms with Gasteiger partial charge in [-0.3, -0.25) is 14.4 Å². The number of amides is 2. The molecule has 0 spiro atoms. The van der Waals surface area contributed by atoms with Crippen LogP contribution in [0.25, 0.3) is 0 Å². The molecule has 2 rings (SSSR count). The molecule has 0 bridgehead atoms. The van der Waals surface area contributed by atoms with Gasteiger partial charge in [-0.05, 0) is 28.1 Å². The van der Waals surface area contributed by atoms with Crippen LogP contribution in [0, 0.1) is 0 Å². The van der Waals surface area contributed by atoms with Gasteiger partial charge in [0.15, 0.2) is 0 Å². The number of thiophene rings is 1. The van der Waals surface area contributed by atoms with E-state index < -0.39 is 17.9 Å².